The zero-order chi connectivity index (χ0) is 21.3. The van der Waals surface area contributed by atoms with Crippen LogP contribution in [0.3, 0.4) is 0 Å². The van der Waals surface area contributed by atoms with Crippen LogP contribution < -0.4 is 9.64 Å². The lowest BCUT2D eigenvalue weighted by molar-refractivity contribution is -0.124. The molecule has 3 fully saturated rings. The van der Waals surface area contributed by atoms with Gasteiger partial charge in [0.1, 0.15) is 5.75 Å². The SMILES string of the molecule is CCc1ccc(OC(=O)c2ccc(N3C(=O)C4C5C=CC(C6CC56)C4C3=O)cc2)cc1. The smallest absolute Gasteiger partial charge is 0.343 e. The van der Waals surface area contributed by atoms with Gasteiger partial charge in [-0.2, -0.15) is 0 Å². The standard InChI is InChI=1S/C26H23NO4/c1-2-14-3-9-17(10-4-14)31-26(30)15-5-7-16(8-6-15)27-24(28)22-18-11-12-19(21-13-20(18)21)23(22)25(27)29/h3-12,18-23H,2,13H2,1H3. The first-order valence-corrected chi connectivity index (χ1v) is 11.0. The maximum atomic E-state index is 13.2. The molecular formula is C26H23NO4. The molecule has 7 rings (SSSR count). The summed E-state index contributed by atoms with van der Waals surface area (Å²) >= 11 is 0. The van der Waals surface area contributed by atoms with Crippen LogP contribution in [0.4, 0.5) is 5.69 Å². The number of rotatable bonds is 4. The highest BCUT2D eigenvalue weighted by molar-refractivity contribution is 6.22. The number of allylic oxidation sites excluding steroid dienone is 2. The predicted molar refractivity (Wildman–Crippen MR) is 114 cm³/mol. The average Bonchev–Trinajstić information content (AvgIpc) is 3.58. The van der Waals surface area contributed by atoms with Crippen LogP contribution in [0.25, 0.3) is 0 Å². The highest BCUT2D eigenvalue weighted by Crippen LogP contribution is 2.65. The molecule has 5 aliphatic rings. The van der Waals surface area contributed by atoms with E-state index in [4.69, 9.17) is 4.74 Å². The van der Waals surface area contributed by atoms with E-state index in [0.717, 1.165) is 12.8 Å². The third kappa shape index (κ3) is 2.72. The summed E-state index contributed by atoms with van der Waals surface area (Å²) in [7, 11) is 0. The Bertz CT molecular complexity index is 1080. The van der Waals surface area contributed by atoms with E-state index >= 15 is 0 Å². The second-order valence-corrected chi connectivity index (χ2v) is 9.10. The van der Waals surface area contributed by atoms with Gasteiger partial charge in [0, 0.05) is 0 Å². The second kappa shape index (κ2) is 6.64. The van der Waals surface area contributed by atoms with E-state index in [1.165, 1.54) is 10.5 Å². The summed E-state index contributed by atoms with van der Waals surface area (Å²) in [6.07, 6.45) is 6.40. The Morgan fingerprint density at radius 1 is 0.903 bits per heavy atom. The molecule has 156 valence electrons. The fraction of sp³-hybridized carbons (Fsp3) is 0.346. The minimum atomic E-state index is -0.467. The second-order valence-electron chi connectivity index (χ2n) is 9.10. The van der Waals surface area contributed by atoms with E-state index < -0.39 is 5.97 Å². The van der Waals surface area contributed by atoms with Crippen LogP contribution in [-0.2, 0) is 16.0 Å². The van der Waals surface area contributed by atoms with Gasteiger partial charge in [-0.25, -0.2) is 4.79 Å². The molecule has 2 aromatic rings. The van der Waals surface area contributed by atoms with Crippen molar-refractivity contribution in [3.05, 3.63) is 71.8 Å². The van der Waals surface area contributed by atoms with E-state index in [1.54, 1.807) is 36.4 Å². The van der Waals surface area contributed by atoms with Crippen LogP contribution in [-0.4, -0.2) is 17.8 Å². The molecule has 5 nitrogen and oxygen atoms in total. The van der Waals surface area contributed by atoms with Crippen molar-refractivity contribution in [2.24, 2.45) is 35.5 Å². The van der Waals surface area contributed by atoms with Crippen molar-refractivity contribution in [1.29, 1.82) is 0 Å². The quantitative estimate of drug-likeness (QED) is 0.329. The van der Waals surface area contributed by atoms with Gasteiger partial charge in [0.25, 0.3) is 0 Å². The van der Waals surface area contributed by atoms with Crippen LogP contribution in [0.15, 0.2) is 60.7 Å². The van der Waals surface area contributed by atoms with Gasteiger partial charge in [-0.3, -0.25) is 14.5 Å². The summed E-state index contributed by atoms with van der Waals surface area (Å²) in [5.41, 5.74) is 2.08. The molecule has 0 aromatic heterocycles. The number of anilines is 1. The fourth-order valence-corrected chi connectivity index (χ4v) is 5.92. The summed E-state index contributed by atoms with van der Waals surface area (Å²) in [5.74, 6) is 0.964. The number of ether oxygens (including phenoxy) is 1. The minimum absolute atomic E-state index is 0.0916. The van der Waals surface area contributed by atoms with Gasteiger partial charge < -0.3 is 4.74 Å². The van der Waals surface area contributed by atoms with Gasteiger partial charge in [0.05, 0.1) is 23.1 Å². The number of carbonyl (C=O) groups is 3. The predicted octanol–water partition coefficient (Wildman–Crippen LogP) is 4.03. The summed E-state index contributed by atoms with van der Waals surface area (Å²) in [6.45, 7) is 2.07. The molecule has 1 saturated heterocycles. The molecule has 6 atom stereocenters. The number of imide groups is 1. The first-order chi connectivity index (χ1) is 15.1. The summed E-state index contributed by atoms with van der Waals surface area (Å²) < 4.78 is 5.44. The Hall–Kier alpha value is -3.21. The molecule has 2 saturated carbocycles. The van der Waals surface area contributed by atoms with Gasteiger partial charge >= 0.3 is 5.97 Å². The zero-order valence-corrected chi connectivity index (χ0v) is 17.2. The first-order valence-electron chi connectivity index (χ1n) is 11.0. The Labute approximate surface area is 180 Å². The van der Waals surface area contributed by atoms with Crippen molar-refractivity contribution in [2.75, 3.05) is 4.90 Å². The number of amides is 2. The molecule has 2 amide bonds. The maximum absolute atomic E-state index is 13.2. The Morgan fingerprint density at radius 2 is 1.48 bits per heavy atom. The van der Waals surface area contributed by atoms with Crippen molar-refractivity contribution >= 4 is 23.5 Å². The Balaban J connectivity index is 1.20. The lowest BCUT2D eigenvalue weighted by Gasteiger charge is -2.37. The van der Waals surface area contributed by atoms with E-state index in [0.29, 0.717) is 28.8 Å². The van der Waals surface area contributed by atoms with Crippen LogP contribution >= 0.6 is 0 Å². The minimum Gasteiger partial charge on any atom is -0.423 e. The van der Waals surface area contributed by atoms with Crippen molar-refractivity contribution in [3.8, 4) is 5.75 Å². The number of hydrogen-bond acceptors (Lipinski definition) is 4. The van der Waals surface area contributed by atoms with Crippen LogP contribution in [0.2, 0.25) is 0 Å². The Morgan fingerprint density at radius 3 is 2.03 bits per heavy atom. The largest absolute Gasteiger partial charge is 0.423 e. The molecule has 6 unspecified atom stereocenters. The number of esters is 1. The van der Waals surface area contributed by atoms with Crippen LogP contribution in [0, 0.1) is 35.5 Å². The van der Waals surface area contributed by atoms with Gasteiger partial charge in [-0.15, -0.1) is 0 Å². The Kier molecular flexibility index (Phi) is 3.98. The van der Waals surface area contributed by atoms with E-state index in [9.17, 15) is 14.4 Å². The topological polar surface area (TPSA) is 63.7 Å². The number of hydrogen-bond donors (Lipinski definition) is 0. The van der Waals surface area contributed by atoms with E-state index in [1.807, 2.05) is 12.1 Å². The van der Waals surface area contributed by atoms with Crippen LogP contribution in [0.1, 0.15) is 29.3 Å². The number of carbonyl (C=O) groups excluding carboxylic acids is 3. The molecule has 2 bridgehead atoms. The van der Waals surface area contributed by atoms with Crippen molar-refractivity contribution < 1.29 is 19.1 Å². The van der Waals surface area contributed by atoms with Gasteiger partial charge in [-0.1, -0.05) is 31.2 Å². The third-order valence-corrected chi connectivity index (χ3v) is 7.57. The van der Waals surface area contributed by atoms with Crippen molar-refractivity contribution in [2.45, 2.75) is 19.8 Å². The number of aryl methyl sites for hydroxylation is 1. The third-order valence-electron chi connectivity index (χ3n) is 7.57. The van der Waals surface area contributed by atoms with Crippen molar-refractivity contribution in [1.82, 2.24) is 0 Å². The summed E-state index contributed by atoms with van der Waals surface area (Å²) in [4.78, 5) is 40.2. The molecule has 0 N–H and O–H groups in total. The van der Waals surface area contributed by atoms with Crippen molar-refractivity contribution in [3.63, 3.8) is 0 Å². The monoisotopic (exact) mass is 413 g/mol. The lowest BCUT2D eigenvalue weighted by atomic mass is 9.63. The van der Waals surface area contributed by atoms with E-state index in [-0.39, 0.29) is 35.5 Å². The molecule has 31 heavy (non-hydrogen) atoms. The molecule has 4 aliphatic carbocycles. The first kappa shape index (κ1) is 18.6. The maximum Gasteiger partial charge on any atom is 0.343 e. The molecule has 1 aliphatic heterocycles. The summed E-state index contributed by atoms with van der Waals surface area (Å²) in [6, 6.07) is 14.0. The van der Waals surface area contributed by atoms with Gasteiger partial charge in [0.15, 0.2) is 0 Å². The van der Waals surface area contributed by atoms with E-state index in [2.05, 4.69) is 19.1 Å². The molecule has 0 spiro atoms. The van der Waals surface area contributed by atoms with Gasteiger partial charge in [-0.05, 0) is 78.5 Å². The number of benzene rings is 2. The number of nitrogens with zero attached hydrogens (tertiary/aromatic N) is 1. The zero-order valence-electron chi connectivity index (χ0n) is 17.2. The molecule has 1 heterocycles. The molecule has 5 heteroatoms. The lowest BCUT2D eigenvalue weighted by Crippen LogP contribution is -2.40. The fourth-order valence-electron chi connectivity index (χ4n) is 5.92. The van der Waals surface area contributed by atoms with Gasteiger partial charge in [0.2, 0.25) is 11.8 Å². The molecule has 0 radical (unpaired) electrons. The highest BCUT2D eigenvalue weighted by Gasteiger charge is 2.67. The highest BCUT2D eigenvalue weighted by atomic mass is 16.5. The summed E-state index contributed by atoms with van der Waals surface area (Å²) in [5, 5.41) is 0. The molecule has 2 aromatic carbocycles. The normalized spacial score (nSPS) is 32.1. The molecular weight excluding hydrogens is 390 g/mol. The van der Waals surface area contributed by atoms with Crippen LogP contribution in [0.5, 0.6) is 5.75 Å². The average molecular weight is 413 g/mol.